The lowest BCUT2D eigenvalue weighted by atomic mass is 10.4. The van der Waals surface area contributed by atoms with Crippen molar-refractivity contribution in [2.75, 3.05) is 7.11 Å². The molecule has 19 heavy (non-hydrogen) atoms. The Bertz CT molecular complexity index is 623. The van der Waals surface area contributed by atoms with E-state index in [0.29, 0.717) is 5.76 Å². The van der Waals surface area contributed by atoms with Crippen LogP contribution < -0.4 is 0 Å². The average Bonchev–Trinajstić information content (AvgIpc) is 2.97. The highest BCUT2D eigenvalue weighted by molar-refractivity contribution is 5.86. The number of methoxy groups -OCH3 is 1. The number of furan rings is 1. The number of rotatable bonds is 4. The van der Waals surface area contributed by atoms with Gasteiger partial charge in [-0.15, -0.1) is 0 Å². The van der Waals surface area contributed by atoms with Crippen LogP contribution in [0.3, 0.4) is 0 Å². The van der Waals surface area contributed by atoms with E-state index in [1.807, 2.05) is 0 Å². The number of hydrogen-bond donors (Lipinski definition) is 1. The third-order valence-electron chi connectivity index (χ3n) is 2.78. The monoisotopic (exact) mass is 263 g/mol. The highest BCUT2D eigenvalue weighted by Crippen LogP contribution is 2.15. The molecule has 0 aliphatic heterocycles. The molecule has 0 amide bonds. The van der Waals surface area contributed by atoms with Crippen molar-refractivity contribution in [3.63, 3.8) is 0 Å². The fourth-order valence-electron chi connectivity index (χ4n) is 1.80. The molecule has 2 rings (SSSR count). The molecular weight excluding hydrogens is 250 g/mol. The maximum Gasteiger partial charge on any atom is 0.373 e. The van der Waals surface area contributed by atoms with E-state index in [1.54, 1.807) is 23.6 Å². The van der Waals surface area contributed by atoms with Gasteiger partial charge in [0.2, 0.25) is 5.76 Å². The Kier molecular flexibility index (Phi) is 3.41. The minimum atomic E-state index is -1.01. The van der Waals surface area contributed by atoms with Crippen molar-refractivity contribution in [2.45, 2.75) is 13.5 Å². The van der Waals surface area contributed by atoms with Crippen LogP contribution in [0.15, 0.2) is 28.7 Å². The molecule has 100 valence electrons. The Hall–Kier alpha value is -2.50. The highest BCUT2D eigenvalue weighted by Gasteiger charge is 2.15. The number of carboxylic acid groups (broad SMARTS) is 1. The molecule has 0 unspecified atom stereocenters. The van der Waals surface area contributed by atoms with Gasteiger partial charge in [0.15, 0.2) is 0 Å². The lowest BCUT2D eigenvalue weighted by molar-refractivity contribution is 0.0561. The van der Waals surface area contributed by atoms with Crippen LogP contribution >= 0.6 is 0 Å². The maximum atomic E-state index is 11.3. The highest BCUT2D eigenvalue weighted by atomic mass is 16.5. The fraction of sp³-hybridized carbons (Fsp3) is 0.231. The van der Waals surface area contributed by atoms with Crippen LogP contribution in [0.1, 0.15) is 32.5 Å². The van der Waals surface area contributed by atoms with Crippen LogP contribution in [0, 0.1) is 6.92 Å². The standard InChI is InChI=1S/C13H13NO5/c1-8-3-5-10(12(15)16)14(8)7-9-4-6-11(19-9)13(17)18-2/h3-6H,7H2,1-2H3,(H,15,16). The average molecular weight is 263 g/mol. The predicted octanol–water partition coefficient (Wildman–Crippen LogP) is 1.92. The van der Waals surface area contributed by atoms with Crippen molar-refractivity contribution >= 4 is 11.9 Å². The summed E-state index contributed by atoms with van der Waals surface area (Å²) in [5, 5.41) is 9.06. The number of aromatic carboxylic acids is 1. The molecule has 1 N–H and O–H groups in total. The van der Waals surface area contributed by atoms with Gasteiger partial charge in [0.1, 0.15) is 11.5 Å². The molecule has 0 atom stereocenters. The zero-order valence-corrected chi connectivity index (χ0v) is 10.5. The van der Waals surface area contributed by atoms with Gasteiger partial charge in [-0.2, -0.15) is 0 Å². The number of aromatic nitrogens is 1. The molecule has 0 bridgehead atoms. The summed E-state index contributed by atoms with van der Waals surface area (Å²) in [6.45, 7) is 2.05. The summed E-state index contributed by atoms with van der Waals surface area (Å²) in [5.41, 5.74) is 0.974. The lowest BCUT2D eigenvalue weighted by Crippen LogP contribution is -2.10. The van der Waals surface area contributed by atoms with E-state index in [-0.39, 0.29) is 18.0 Å². The topological polar surface area (TPSA) is 81.7 Å². The molecule has 0 spiro atoms. The molecule has 0 saturated heterocycles. The SMILES string of the molecule is COC(=O)c1ccc(Cn2c(C)ccc2C(=O)O)o1. The molecular formula is C13H13NO5. The number of ether oxygens (including phenoxy) is 1. The van der Waals surface area contributed by atoms with E-state index in [9.17, 15) is 9.59 Å². The molecule has 6 heteroatoms. The first-order chi connectivity index (χ1) is 9.02. The van der Waals surface area contributed by atoms with Gasteiger partial charge in [0, 0.05) is 5.69 Å². The lowest BCUT2D eigenvalue weighted by Gasteiger charge is -2.06. The minimum Gasteiger partial charge on any atom is -0.477 e. The zero-order valence-electron chi connectivity index (χ0n) is 10.5. The van der Waals surface area contributed by atoms with Gasteiger partial charge < -0.3 is 18.8 Å². The third-order valence-corrected chi connectivity index (χ3v) is 2.78. The summed E-state index contributed by atoms with van der Waals surface area (Å²) in [5.74, 6) is -0.983. The van der Waals surface area contributed by atoms with E-state index >= 15 is 0 Å². The first-order valence-electron chi connectivity index (χ1n) is 5.59. The Morgan fingerprint density at radius 1 is 1.32 bits per heavy atom. The summed E-state index contributed by atoms with van der Waals surface area (Å²) < 4.78 is 11.4. The summed E-state index contributed by atoms with van der Waals surface area (Å²) in [6, 6.07) is 6.37. The fourth-order valence-corrected chi connectivity index (χ4v) is 1.80. The number of nitrogens with zero attached hydrogens (tertiary/aromatic N) is 1. The van der Waals surface area contributed by atoms with Crippen LogP contribution in [0.4, 0.5) is 0 Å². The van der Waals surface area contributed by atoms with Crippen molar-refractivity contribution in [1.82, 2.24) is 4.57 Å². The van der Waals surface area contributed by atoms with Gasteiger partial charge in [0.05, 0.1) is 13.7 Å². The van der Waals surface area contributed by atoms with E-state index in [2.05, 4.69) is 4.74 Å². The van der Waals surface area contributed by atoms with Crippen LogP contribution in [0.25, 0.3) is 0 Å². The molecule has 0 aromatic carbocycles. The number of hydrogen-bond acceptors (Lipinski definition) is 4. The number of carboxylic acids is 1. The van der Waals surface area contributed by atoms with Crippen molar-refractivity contribution < 1.29 is 23.8 Å². The van der Waals surface area contributed by atoms with E-state index < -0.39 is 11.9 Å². The number of carbonyl (C=O) groups is 2. The van der Waals surface area contributed by atoms with Crippen LogP contribution in [0.2, 0.25) is 0 Å². The summed E-state index contributed by atoms with van der Waals surface area (Å²) >= 11 is 0. The molecule has 0 aliphatic carbocycles. The summed E-state index contributed by atoms with van der Waals surface area (Å²) in [4.78, 5) is 22.3. The van der Waals surface area contributed by atoms with Gasteiger partial charge in [-0.1, -0.05) is 0 Å². The molecule has 2 aromatic heterocycles. The van der Waals surface area contributed by atoms with Crippen molar-refractivity contribution in [2.24, 2.45) is 0 Å². The third kappa shape index (κ3) is 2.52. The molecule has 2 heterocycles. The first kappa shape index (κ1) is 12.9. The zero-order chi connectivity index (χ0) is 14.0. The second-order valence-electron chi connectivity index (χ2n) is 4.01. The predicted molar refractivity (Wildman–Crippen MR) is 65.3 cm³/mol. The molecule has 6 nitrogen and oxygen atoms in total. The van der Waals surface area contributed by atoms with E-state index in [4.69, 9.17) is 9.52 Å². The van der Waals surface area contributed by atoms with Gasteiger partial charge in [-0.05, 0) is 31.2 Å². The molecule has 0 aliphatic rings. The number of carbonyl (C=O) groups excluding carboxylic acids is 1. The van der Waals surface area contributed by atoms with Gasteiger partial charge in [-0.25, -0.2) is 9.59 Å². The van der Waals surface area contributed by atoms with Crippen molar-refractivity contribution in [3.8, 4) is 0 Å². The van der Waals surface area contributed by atoms with Crippen LogP contribution in [-0.4, -0.2) is 28.7 Å². The van der Waals surface area contributed by atoms with Gasteiger partial charge in [0.25, 0.3) is 0 Å². The number of aryl methyl sites for hydroxylation is 1. The van der Waals surface area contributed by atoms with E-state index in [1.165, 1.54) is 19.2 Å². The maximum absolute atomic E-state index is 11.3. The van der Waals surface area contributed by atoms with E-state index in [0.717, 1.165) is 5.69 Å². The van der Waals surface area contributed by atoms with Crippen LogP contribution in [-0.2, 0) is 11.3 Å². The number of esters is 1. The Balaban J connectivity index is 2.26. The molecule has 0 saturated carbocycles. The normalized spacial score (nSPS) is 10.4. The first-order valence-corrected chi connectivity index (χ1v) is 5.59. The molecule has 0 fully saturated rings. The van der Waals surface area contributed by atoms with Gasteiger partial charge >= 0.3 is 11.9 Å². The largest absolute Gasteiger partial charge is 0.477 e. The quantitative estimate of drug-likeness (QED) is 0.852. The second-order valence-corrected chi connectivity index (χ2v) is 4.01. The smallest absolute Gasteiger partial charge is 0.373 e. The second kappa shape index (κ2) is 5.01. The summed E-state index contributed by atoms with van der Waals surface area (Å²) in [6.07, 6.45) is 0. The Morgan fingerprint density at radius 3 is 2.68 bits per heavy atom. The van der Waals surface area contributed by atoms with Crippen LogP contribution in [0.5, 0.6) is 0 Å². The van der Waals surface area contributed by atoms with Gasteiger partial charge in [-0.3, -0.25) is 0 Å². The Labute approximate surface area is 109 Å². The molecule has 2 aromatic rings. The summed E-state index contributed by atoms with van der Waals surface area (Å²) in [7, 11) is 1.27. The Morgan fingerprint density at radius 2 is 2.05 bits per heavy atom. The minimum absolute atomic E-state index is 0.0965. The van der Waals surface area contributed by atoms with Crippen molar-refractivity contribution in [1.29, 1.82) is 0 Å². The molecule has 0 radical (unpaired) electrons. The van der Waals surface area contributed by atoms with Crippen molar-refractivity contribution in [3.05, 3.63) is 47.2 Å².